The Balaban J connectivity index is 1.34. The van der Waals surface area contributed by atoms with Gasteiger partial charge < -0.3 is 24.2 Å². The summed E-state index contributed by atoms with van der Waals surface area (Å²) in [5.41, 5.74) is -0.677. The molecular formula is C29H21F5N4O6. The van der Waals surface area contributed by atoms with Crippen molar-refractivity contribution in [3.8, 4) is 23.1 Å². The van der Waals surface area contributed by atoms with Crippen molar-refractivity contribution in [1.82, 2.24) is 14.8 Å². The van der Waals surface area contributed by atoms with E-state index in [4.69, 9.17) is 9.84 Å². The van der Waals surface area contributed by atoms with Crippen LogP contribution in [0.25, 0.3) is 5.69 Å². The van der Waals surface area contributed by atoms with Crippen LogP contribution >= 0.6 is 0 Å². The summed E-state index contributed by atoms with van der Waals surface area (Å²) in [6.45, 7) is 0. The number of ether oxygens (including phenoxy) is 3. The molecule has 3 heterocycles. The fraction of sp³-hybridized carbons (Fsp3) is 0.241. The quantitative estimate of drug-likeness (QED) is 0.261. The van der Waals surface area contributed by atoms with Gasteiger partial charge in [0.1, 0.15) is 6.10 Å². The maximum atomic E-state index is 14.1. The predicted molar refractivity (Wildman–Crippen MR) is 141 cm³/mol. The van der Waals surface area contributed by atoms with Crippen molar-refractivity contribution < 1.29 is 50.9 Å². The molecule has 0 spiro atoms. The molecule has 2 aromatic heterocycles. The molecule has 1 aliphatic carbocycles. The number of hydrogen-bond donors (Lipinski definition) is 1. The molecule has 2 aromatic carbocycles. The van der Waals surface area contributed by atoms with Crippen LogP contribution in [0.1, 0.15) is 56.6 Å². The first-order valence-corrected chi connectivity index (χ1v) is 13.1. The van der Waals surface area contributed by atoms with Gasteiger partial charge in [0.2, 0.25) is 5.88 Å². The summed E-state index contributed by atoms with van der Waals surface area (Å²) in [5, 5.41) is 13.0. The van der Waals surface area contributed by atoms with E-state index in [2.05, 4.69) is 19.6 Å². The number of alkyl halides is 5. The van der Waals surface area contributed by atoms with E-state index in [9.17, 15) is 31.5 Å². The zero-order chi connectivity index (χ0) is 31.4. The minimum absolute atomic E-state index is 0.0150. The standard InChI is InChI=1S/C29H21F5N4O6/c1-37(17-9-10-20-22(13-17)44-29(33,34)43-20)26(39)15-4-2-5-18(12-15)38-24-19(25(36-38)28(30,31)32)6-3-7-21(24)42-23-11-8-16(14-35-23)27(40)41/h2,4-5,8-14,21H,3,6-7H2,1H3,(H,40,41)/t21-/m0/s1. The molecule has 0 unspecified atom stereocenters. The third-order valence-electron chi connectivity index (χ3n) is 7.15. The van der Waals surface area contributed by atoms with Gasteiger partial charge in [-0.05, 0) is 55.7 Å². The van der Waals surface area contributed by atoms with E-state index in [-0.39, 0.29) is 57.6 Å². The molecular weight excluding hydrogens is 595 g/mol. The number of rotatable bonds is 6. The van der Waals surface area contributed by atoms with Gasteiger partial charge in [0.15, 0.2) is 17.2 Å². The molecule has 1 atom stereocenters. The molecule has 1 N–H and O–H groups in total. The number of halogens is 5. The first kappa shape index (κ1) is 28.9. The van der Waals surface area contributed by atoms with Crippen molar-refractivity contribution >= 4 is 17.6 Å². The van der Waals surface area contributed by atoms with Crippen molar-refractivity contribution in [2.45, 2.75) is 37.8 Å². The van der Waals surface area contributed by atoms with Gasteiger partial charge >= 0.3 is 18.4 Å². The van der Waals surface area contributed by atoms with Crippen LogP contribution in [-0.4, -0.2) is 45.1 Å². The first-order chi connectivity index (χ1) is 20.8. The van der Waals surface area contributed by atoms with Crippen molar-refractivity contribution in [1.29, 1.82) is 0 Å². The molecule has 0 saturated heterocycles. The Morgan fingerprint density at radius 3 is 2.55 bits per heavy atom. The minimum atomic E-state index is -4.78. The maximum absolute atomic E-state index is 14.1. The molecule has 10 nitrogen and oxygen atoms in total. The van der Waals surface area contributed by atoms with E-state index in [0.717, 1.165) is 15.8 Å². The van der Waals surface area contributed by atoms with Gasteiger partial charge in [-0.2, -0.15) is 18.3 Å². The lowest BCUT2D eigenvalue weighted by atomic mass is 9.93. The Morgan fingerprint density at radius 2 is 1.84 bits per heavy atom. The molecule has 15 heteroatoms. The molecule has 1 aliphatic heterocycles. The van der Waals surface area contributed by atoms with Crippen LogP contribution in [0.4, 0.5) is 27.6 Å². The number of carbonyl (C=O) groups excluding carboxylic acids is 1. The Morgan fingerprint density at radius 1 is 1.07 bits per heavy atom. The molecule has 44 heavy (non-hydrogen) atoms. The maximum Gasteiger partial charge on any atom is 0.586 e. The Bertz CT molecular complexity index is 1770. The SMILES string of the molecule is CN(C(=O)c1cccc(-n2nc(C(F)(F)F)c3c2[C@@H](Oc2ccc(C(=O)O)cn2)CCC3)c1)c1ccc2c(c1)OC(F)(F)O2. The topological polar surface area (TPSA) is 116 Å². The van der Waals surface area contributed by atoms with Gasteiger partial charge in [0.05, 0.1) is 16.9 Å². The third-order valence-corrected chi connectivity index (χ3v) is 7.15. The number of hydrogen-bond acceptors (Lipinski definition) is 7. The highest BCUT2D eigenvalue weighted by atomic mass is 19.4. The highest BCUT2D eigenvalue weighted by Crippen LogP contribution is 2.44. The summed E-state index contributed by atoms with van der Waals surface area (Å²) < 4.78 is 85.1. The summed E-state index contributed by atoms with van der Waals surface area (Å²) in [4.78, 5) is 29.7. The van der Waals surface area contributed by atoms with Crippen molar-refractivity contribution in [2.75, 3.05) is 11.9 Å². The Labute approximate surface area is 245 Å². The highest BCUT2D eigenvalue weighted by Gasteiger charge is 2.44. The summed E-state index contributed by atoms with van der Waals surface area (Å²) in [5.74, 6) is -2.24. The number of fused-ring (bicyclic) bond motifs is 2. The van der Waals surface area contributed by atoms with Crippen LogP contribution in [0.5, 0.6) is 17.4 Å². The van der Waals surface area contributed by atoms with Crippen LogP contribution in [0.2, 0.25) is 0 Å². The van der Waals surface area contributed by atoms with E-state index < -0.39 is 36.1 Å². The van der Waals surface area contributed by atoms with E-state index in [0.29, 0.717) is 12.8 Å². The Hall–Kier alpha value is -5.21. The van der Waals surface area contributed by atoms with Gasteiger partial charge in [-0.15, -0.1) is 8.78 Å². The Kier molecular flexibility index (Phi) is 6.89. The molecule has 4 aromatic rings. The van der Waals surface area contributed by atoms with Crippen molar-refractivity contribution in [2.24, 2.45) is 0 Å². The predicted octanol–water partition coefficient (Wildman–Crippen LogP) is 6.04. The summed E-state index contributed by atoms with van der Waals surface area (Å²) in [6.07, 6.45) is -7.68. The fourth-order valence-electron chi connectivity index (χ4n) is 5.13. The lowest BCUT2D eigenvalue weighted by Crippen LogP contribution is -2.26. The fourth-order valence-corrected chi connectivity index (χ4v) is 5.13. The van der Waals surface area contributed by atoms with Crippen molar-refractivity contribution in [3.63, 3.8) is 0 Å². The van der Waals surface area contributed by atoms with Crippen LogP contribution in [0.3, 0.4) is 0 Å². The van der Waals surface area contributed by atoms with E-state index in [1.165, 1.54) is 61.6 Å². The number of amides is 1. The van der Waals surface area contributed by atoms with Crippen molar-refractivity contribution in [3.05, 3.63) is 88.9 Å². The number of pyridine rings is 1. The van der Waals surface area contributed by atoms with Crippen LogP contribution in [-0.2, 0) is 12.6 Å². The molecule has 0 bridgehead atoms. The van der Waals surface area contributed by atoms with Gasteiger partial charge in [-0.3, -0.25) is 4.79 Å². The zero-order valence-electron chi connectivity index (χ0n) is 22.6. The van der Waals surface area contributed by atoms with Gasteiger partial charge in [-0.25, -0.2) is 14.5 Å². The van der Waals surface area contributed by atoms with E-state index in [1.54, 1.807) is 0 Å². The number of nitrogens with zero attached hydrogens (tertiary/aromatic N) is 4. The second kappa shape index (κ2) is 10.5. The average molecular weight is 616 g/mol. The van der Waals surface area contributed by atoms with Crippen LogP contribution in [0.15, 0.2) is 60.8 Å². The van der Waals surface area contributed by atoms with Gasteiger partial charge in [0.25, 0.3) is 5.91 Å². The smallest absolute Gasteiger partial charge is 0.478 e. The summed E-state index contributed by atoms with van der Waals surface area (Å²) >= 11 is 0. The molecule has 0 fully saturated rings. The van der Waals surface area contributed by atoms with Crippen LogP contribution < -0.4 is 19.1 Å². The number of aromatic carboxylic acids is 1. The van der Waals surface area contributed by atoms with E-state index in [1.807, 2.05) is 0 Å². The largest absolute Gasteiger partial charge is 0.586 e. The number of carboxylic acid groups (broad SMARTS) is 1. The van der Waals surface area contributed by atoms with Crippen LogP contribution in [0, 0.1) is 0 Å². The molecule has 0 radical (unpaired) electrons. The second-order valence-corrected chi connectivity index (χ2v) is 10.0. The number of carboxylic acids is 1. The number of aromatic nitrogens is 3. The number of benzene rings is 2. The summed E-state index contributed by atoms with van der Waals surface area (Å²) in [6, 6.07) is 12.2. The molecule has 1 amide bonds. The normalized spacial score (nSPS) is 16.7. The van der Waals surface area contributed by atoms with Gasteiger partial charge in [-0.1, -0.05) is 6.07 Å². The monoisotopic (exact) mass is 616 g/mol. The number of carbonyl (C=O) groups is 2. The van der Waals surface area contributed by atoms with E-state index >= 15 is 0 Å². The lowest BCUT2D eigenvalue weighted by molar-refractivity contribution is -0.286. The molecule has 228 valence electrons. The average Bonchev–Trinajstić information content (AvgIpc) is 3.53. The molecule has 0 saturated carbocycles. The number of anilines is 1. The van der Waals surface area contributed by atoms with Gasteiger partial charge in [0, 0.05) is 42.2 Å². The minimum Gasteiger partial charge on any atom is -0.478 e. The lowest BCUT2D eigenvalue weighted by Gasteiger charge is -2.25. The first-order valence-electron chi connectivity index (χ1n) is 13.1. The second-order valence-electron chi connectivity index (χ2n) is 10.0. The summed E-state index contributed by atoms with van der Waals surface area (Å²) in [7, 11) is 1.40. The zero-order valence-corrected chi connectivity index (χ0v) is 22.6. The molecule has 2 aliphatic rings. The third kappa shape index (κ3) is 5.36. The highest BCUT2D eigenvalue weighted by molar-refractivity contribution is 6.06. The molecule has 6 rings (SSSR count).